The van der Waals surface area contributed by atoms with Gasteiger partial charge in [0.05, 0.1) is 39.5 Å². The van der Waals surface area contributed by atoms with Crippen LogP contribution in [-0.2, 0) is 18.5 Å². The summed E-state index contributed by atoms with van der Waals surface area (Å²) in [5.74, 6) is -1.55. The van der Waals surface area contributed by atoms with E-state index in [4.69, 9.17) is 0 Å². The molecule has 0 unspecified atom stereocenters. The van der Waals surface area contributed by atoms with E-state index in [0.717, 1.165) is 12.1 Å². The molecule has 17 heteroatoms. The zero-order valence-electron chi connectivity index (χ0n) is 25.5. The number of allylic oxidation sites excluding steroid dienone is 8. The van der Waals surface area contributed by atoms with Crippen molar-refractivity contribution in [3.05, 3.63) is 115 Å². The lowest BCUT2D eigenvalue weighted by molar-refractivity contribution is -0.162. The largest absolute Gasteiger partial charge is 0.417 e. The summed E-state index contributed by atoms with van der Waals surface area (Å²) in [6.07, 6.45) is -16.2. The van der Waals surface area contributed by atoms with Crippen LogP contribution in [0.2, 0.25) is 0 Å². The fourth-order valence-corrected chi connectivity index (χ4v) is 6.12. The molecule has 0 atom stereocenters. The van der Waals surface area contributed by atoms with Crippen LogP contribution in [0.5, 0.6) is 0 Å². The van der Waals surface area contributed by atoms with Crippen LogP contribution >= 0.6 is 0 Å². The Bertz CT molecular complexity index is 2620. The van der Waals surface area contributed by atoms with Gasteiger partial charge in [0.2, 0.25) is 0 Å². The summed E-state index contributed by atoms with van der Waals surface area (Å²) in [6, 6.07) is 13.7. The molecule has 0 heterocycles. The lowest BCUT2D eigenvalue weighted by atomic mass is 9.88. The first-order valence-electron chi connectivity index (χ1n) is 14.0. The van der Waals surface area contributed by atoms with E-state index in [2.05, 4.69) is 0 Å². The van der Waals surface area contributed by atoms with Gasteiger partial charge < -0.3 is 0 Å². The first-order chi connectivity index (χ1) is 24.8. The minimum atomic E-state index is -5.64. The molecule has 256 valence electrons. The van der Waals surface area contributed by atoms with Gasteiger partial charge in [-0.3, -0.25) is 0 Å². The van der Waals surface area contributed by atoms with Crippen LogP contribution < -0.4 is 0 Å². The van der Waals surface area contributed by atoms with E-state index in [1.54, 1.807) is 6.07 Å². The van der Waals surface area contributed by atoms with E-state index < -0.39 is 119 Å². The Morgan fingerprint density at radius 3 is 1.23 bits per heavy atom. The average Bonchev–Trinajstić information content (AvgIpc) is 3.61. The highest BCUT2D eigenvalue weighted by Crippen LogP contribution is 2.56. The first kappa shape index (κ1) is 36.6. The van der Waals surface area contributed by atoms with Crippen molar-refractivity contribution < 1.29 is 43.9 Å². The second-order valence-corrected chi connectivity index (χ2v) is 10.8. The average molecular weight is 727 g/mol. The lowest BCUT2D eigenvalue weighted by Crippen LogP contribution is -2.16. The van der Waals surface area contributed by atoms with Gasteiger partial charge in [0.1, 0.15) is 53.4 Å². The van der Waals surface area contributed by atoms with Gasteiger partial charge in [0, 0.05) is 33.4 Å². The van der Waals surface area contributed by atoms with E-state index in [0.29, 0.717) is 18.2 Å². The van der Waals surface area contributed by atoms with Crippen molar-refractivity contribution in [2.75, 3.05) is 0 Å². The minimum Gasteiger partial charge on any atom is -0.206 e. The maximum atomic E-state index is 17.0. The zero-order valence-corrected chi connectivity index (χ0v) is 25.5. The van der Waals surface area contributed by atoms with Crippen molar-refractivity contribution >= 4 is 33.4 Å². The molecule has 0 bridgehead atoms. The van der Waals surface area contributed by atoms with Gasteiger partial charge >= 0.3 is 18.5 Å². The molecule has 3 aromatic carbocycles. The zero-order chi connectivity index (χ0) is 39.4. The highest BCUT2D eigenvalue weighted by molar-refractivity contribution is 6.30. The molecule has 2 aliphatic carbocycles. The van der Waals surface area contributed by atoms with Gasteiger partial charge in [0.25, 0.3) is 0 Å². The number of benzene rings is 3. The number of rotatable bonds is 2. The van der Waals surface area contributed by atoms with Crippen LogP contribution in [0.15, 0.2) is 53.6 Å². The predicted molar refractivity (Wildman–Crippen MR) is 160 cm³/mol. The van der Waals surface area contributed by atoms with E-state index in [1.807, 2.05) is 0 Å². The van der Waals surface area contributed by atoms with Crippen molar-refractivity contribution in [2.24, 2.45) is 0 Å². The summed E-state index contributed by atoms with van der Waals surface area (Å²) >= 11 is 0. The molecule has 0 aromatic heterocycles. The first-order valence-corrected chi connectivity index (χ1v) is 14.0. The van der Waals surface area contributed by atoms with E-state index >= 15 is 4.39 Å². The number of halogens is 10. The molecule has 0 amide bonds. The quantitative estimate of drug-likeness (QED) is 0.187. The molecule has 5 rings (SSSR count). The Balaban J connectivity index is 1.97. The van der Waals surface area contributed by atoms with Crippen LogP contribution in [-0.4, -0.2) is 0 Å². The third kappa shape index (κ3) is 5.68. The monoisotopic (exact) mass is 727 g/mol. The van der Waals surface area contributed by atoms with Gasteiger partial charge in [-0.1, -0.05) is 12.1 Å². The molecule has 53 heavy (non-hydrogen) atoms. The van der Waals surface area contributed by atoms with Crippen molar-refractivity contribution in [1.82, 2.24) is 0 Å². The van der Waals surface area contributed by atoms with Crippen LogP contribution in [0.25, 0.3) is 33.4 Å². The number of hydrogen-bond acceptors (Lipinski definition) is 7. The molecular weight excluding hydrogens is 720 g/mol. The van der Waals surface area contributed by atoms with E-state index in [-0.39, 0.29) is 17.7 Å². The fourth-order valence-electron chi connectivity index (χ4n) is 6.12. The maximum absolute atomic E-state index is 17.0. The number of alkyl halides is 9. The molecule has 2 aliphatic rings. The normalized spacial score (nSPS) is 13.5. The van der Waals surface area contributed by atoms with Crippen molar-refractivity contribution in [3.8, 4) is 42.5 Å². The highest BCUT2D eigenvalue weighted by Gasteiger charge is 2.45. The van der Waals surface area contributed by atoms with Crippen LogP contribution in [0.4, 0.5) is 43.9 Å². The van der Waals surface area contributed by atoms with E-state index in [9.17, 15) is 76.3 Å². The molecule has 0 fully saturated rings. The van der Waals surface area contributed by atoms with Gasteiger partial charge in [-0.2, -0.15) is 76.3 Å². The molecule has 7 nitrogen and oxygen atoms in total. The second kappa shape index (κ2) is 12.6. The van der Waals surface area contributed by atoms with Gasteiger partial charge in [-0.15, -0.1) is 0 Å². The molecule has 3 aromatic rings. The summed E-state index contributed by atoms with van der Waals surface area (Å²) in [5.41, 5.74) is -16.8. The smallest absolute Gasteiger partial charge is 0.206 e. The molecule has 0 saturated heterocycles. The maximum Gasteiger partial charge on any atom is 0.417 e. The summed E-state index contributed by atoms with van der Waals surface area (Å²) in [6.45, 7) is 0. The summed E-state index contributed by atoms with van der Waals surface area (Å²) < 4.78 is 140. The van der Waals surface area contributed by atoms with Gasteiger partial charge in [0.15, 0.2) is 0 Å². The van der Waals surface area contributed by atoms with Gasteiger partial charge in [-0.25, -0.2) is 4.39 Å². The Kier molecular flexibility index (Phi) is 8.70. The topological polar surface area (TPSA) is 167 Å². The Morgan fingerprint density at radius 1 is 0.472 bits per heavy atom. The molecule has 0 radical (unpaired) electrons. The van der Waals surface area contributed by atoms with Crippen molar-refractivity contribution in [2.45, 2.75) is 18.5 Å². The molecule has 0 saturated carbocycles. The van der Waals surface area contributed by atoms with Crippen LogP contribution in [0.1, 0.15) is 55.6 Å². The Morgan fingerprint density at radius 2 is 0.868 bits per heavy atom. The van der Waals surface area contributed by atoms with Crippen molar-refractivity contribution in [3.63, 3.8) is 0 Å². The fraction of sp³-hybridized carbons (Fsp3) is 0.0833. The predicted octanol–water partition coefficient (Wildman–Crippen LogP) is 9.25. The second-order valence-electron chi connectivity index (χ2n) is 10.8. The van der Waals surface area contributed by atoms with Crippen LogP contribution in [0.3, 0.4) is 0 Å². The number of nitrogens with zero attached hydrogens (tertiary/aromatic N) is 7. The standard InChI is InChI=1S/C36H7F10N7/c37-33-31-20(29(18(9-48)10-49)27(22(31)13-52)15-1-3-24(34(38,39)40)17(5-15)8-47)7-21-30(19(11-50)12-51)28(23(14-53)32(21)33)16-2-4-25(35(41,42)43)26(6-16)36(44,45)46/h1-7H. The Labute approximate surface area is 290 Å². The molecule has 0 N–H and O–H groups in total. The summed E-state index contributed by atoms with van der Waals surface area (Å²) in [4.78, 5) is 0. The van der Waals surface area contributed by atoms with E-state index in [1.165, 1.54) is 36.4 Å². The third-order valence-corrected chi connectivity index (χ3v) is 8.13. The number of fused-ring (bicyclic) bond motifs is 2. The van der Waals surface area contributed by atoms with Gasteiger partial charge in [-0.05, 0) is 52.6 Å². The third-order valence-electron chi connectivity index (χ3n) is 8.13. The molecule has 0 spiro atoms. The minimum absolute atomic E-state index is 0.00968. The van der Waals surface area contributed by atoms with Crippen molar-refractivity contribution in [1.29, 1.82) is 36.8 Å². The Hall–Kier alpha value is -7.65. The molecular formula is C36H7F10N7. The summed E-state index contributed by atoms with van der Waals surface area (Å²) in [7, 11) is 0. The molecule has 0 aliphatic heterocycles. The lowest BCUT2D eigenvalue weighted by Gasteiger charge is -2.18. The number of nitriles is 7. The highest BCUT2D eigenvalue weighted by atomic mass is 19.4. The SMILES string of the molecule is N#CC(C#N)=C1C(c2ccc(C(F)(F)F)c(C#N)c2)=C(C#N)c2c1cc1c(c2F)C(C#N)=C(c2ccc(C(F)(F)F)c(C(F)(F)F)c2)C1=C(C#N)C#N. The summed E-state index contributed by atoms with van der Waals surface area (Å²) in [5, 5.41) is 69.4. The number of hydrogen-bond donors (Lipinski definition) is 0. The van der Waals surface area contributed by atoms with Crippen LogP contribution in [0, 0.1) is 85.1 Å².